The van der Waals surface area contributed by atoms with Gasteiger partial charge in [0.2, 0.25) is 10.0 Å². The molecular weight excluding hydrogens is 396 g/mol. The van der Waals surface area contributed by atoms with E-state index in [4.69, 9.17) is 0 Å². The van der Waals surface area contributed by atoms with Crippen molar-refractivity contribution in [3.05, 3.63) is 51.2 Å². The van der Waals surface area contributed by atoms with Gasteiger partial charge in [-0.1, -0.05) is 12.1 Å². The number of rotatable bonds is 4. The van der Waals surface area contributed by atoms with Crippen molar-refractivity contribution in [1.82, 2.24) is 9.21 Å². The Morgan fingerprint density at radius 1 is 1.00 bits per heavy atom. The number of piperazine rings is 1. The Bertz CT molecular complexity index is 995. The molecule has 28 heavy (non-hydrogen) atoms. The minimum atomic E-state index is -3.63. The van der Waals surface area contributed by atoms with Crippen LogP contribution in [0.5, 0.6) is 0 Å². The molecule has 148 valence electrons. The van der Waals surface area contributed by atoms with Crippen LogP contribution in [0.1, 0.15) is 43.8 Å². The van der Waals surface area contributed by atoms with Crippen molar-refractivity contribution < 1.29 is 18.0 Å². The lowest BCUT2D eigenvalue weighted by molar-refractivity contribution is 0.0702. The van der Waals surface area contributed by atoms with Gasteiger partial charge in [-0.15, -0.1) is 11.3 Å². The predicted molar refractivity (Wildman–Crippen MR) is 107 cm³/mol. The summed E-state index contributed by atoms with van der Waals surface area (Å²) in [5.41, 5.74) is 1.78. The maximum Gasteiger partial charge on any atom is 0.264 e. The first-order valence-corrected chi connectivity index (χ1v) is 11.6. The SMILES string of the molecule is CC(=O)c1ccc(S(=O)(=O)N2CCN(C(=O)c3cc4c(s3)CCC4)CC2)cc1. The predicted octanol–water partition coefficient (Wildman–Crippen LogP) is 2.59. The summed E-state index contributed by atoms with van der Waals surface area (Å²) in [6.07, 6.45) is 3.27. The Balaban J connectivity index is 1.42. The summed E-state index contributed by atoms with van der Waals surface area (Å²) in [4.78, 5) is 28.1. The number of carbonyl (C=O) groups is 2. The van der Waals surface area contributed by atoms with Gasteiger partial charge in [-0.3, -0.25) is 9.59 Å². The summed E-state index contributed by atoms with van der Waals surface area (Å²) in [6, 6.07) is 8.01. The molecular formula is C20H22N2O4S2. The highest BCUT2D eigenvalue weighted by molar-refractivity contribution is 7.89. The second kappa shape index (κ2) is 7.42. The van der Waals surface area contributed by atoms with E-state index in [1.807, 2.05) is 6.07 Å². The molecule has 0 bridgehead atoms. The van der Waals surface area contributed by atoms with Gasteiger partial charge in [0.1, 0.15) is 0 Å². The third-order valence-electron chi connectivity index (χ3n) is 5.38. The van der Waals surface area contributed by atoms with Crippen LogP contribution in [0.15, 0.2) is 35.2 Å². The third kappa shape index (κ3) is 3.52. The van der Waals surface area contributed by atoms with Gasteiger partial charge in [-0.25, -0.2) is 8.42 Å². The standard InChI is InChI=1S/C20H22N2O4S2/c1-14(23)15-5-7-17(8-6-15)28(25,26)22-11-9-21(10-12-22)20(24)19-13-16-3-2-4-18(16)27-19/h5-8,13H,2-4,9-12H2,1H3. The second-order valence-corrected chi connectivity index (χ2v) is 10.3. The van der Waals surface area contributed by atoms with Crippen LogP contribution in [0.25, 0.3) is 0 Å². The molecule has 0 radical (unpaired) electrons. The molecule has 6 nitrogen and oxygen atoms in total. The van der Waals surface area contributed by atoms with E-state index in [2.05, 4.69) is 0 Å². The normalized spacial score (nSPS) is 17.5. The number of hydrogen-bond acceptors (Lipinski definition) is 5. The number of aryl methyl sites for hydroxylation is 2. The number of benzene rings is 1. The van der Waals surface area contributed by atoms with E-state index in [1.54, 1.807) is 16.2 Å². The number of ketones is 1. The molecule has 1 aromatic carbocycles. The summed E-state index contributed by atoms with van der Waals surface area (Å²) in [5.74, 6) is -0.0992. The zero-order valence-electron chi connectivity index (χ0n) is 15.7. The maximum absolute atomic E-state index is 12.8. The Hall–Kier alpha value is -2.03. The van der Waals surface area contributed by atoms with E-state index < -0.39 is 10.0 Å². The Morgan fingerprint density at radius 2 is 1.68 bits per heavy atom. The number of nitrogens with zero attached hydrogens (tertiary/aromatic N) is 2. The molecule has 2 aromatic rings. The molecule has 1 saturated heterocycles. The molecule has 8 heteroatoms. The zero-order valence-corrected chi connectivity index (χ0v) is 17.3. The molecule has 0 spiro atoms. The van der Waals surface area contributed by atoms with Crippen molar-refractivity contribution in [2.24, 2.45) is 0 Å². The van der Waals surface area contributed by atoms with Crippen molar-refractivity contribution in [3.63, 3.8) is 0 Å². The number of Topliss-reactive ketones (excluding diaryl/α,β-unsaturated/α-hetero) is 1. The fraction of sp³-hybridized carbons (Fsp3) is 0.400. The van der Waals surface area contributed by atoms with Crippen LogP contribution in [-0.4, -0.2) is 55.5 Å². The van der Waals surface area contributed by atoms with E-state index in [1.165, 1.54) is 52.4 Å². The van der Waals surface area contributed by atoms with Crippen molar-refractivity contribution in [2.75, 3.05) is 26.2 Å². The smallest absolute Gasteiger partial charge is 0.264 e. The summed E-state index contributed by atoms with van der Waals surface area (Å²) in [5, 5.41) is 0. The number of carbonyl (C=O) groups excluding carboxylic acids is 2. The van der Waals surface area contributed by atoms with Crippen LogP contribution in [0, 0.1) is 0 Å². The van der Waals surface area contributed by atoms with Gasteiger partial charge >= 0.3 is 0 Å². The topological polar surface area (TPSA) is 74.8 Å². The summed E-state index contributed by atoms with van der Waals surface area (Å²) >= 11 is 1.58. The first-order valence-electron chi connectivity index (χ1n) is 9.38. The van der Waals surface area contributed by atoms with Crippen LogP contribution in [0.3, 0.4) is 0 Å². The van der Waals surface area contributed by atoms with Crippen molar-refractivity contribution >= 4 is 33.1 Å². The first kappa shape index (κ1) is 19.3. The van der Waals surface area contributed by atoms with E-state index >= 15 is 0 Å². The lowest BCUT2D eigenvalue weighted by Crippen LogP contribution is -2.50. The minimum Gasteiger partial charge on any atom is -0.335 e. The molecule has 0 N–H and O–H groups in total. The Morgan fingerprint density at radius 3 is 2.29 bits per heavy atom. The molecule has 1 fully saturated rings. The summed E-state index contributed by atoms with van der Waals surface area (Å²) in [7, 11) is -3.63. The van der Waals surface area contributed by atoms with Crippen molar-refractivity contribution in [3.8, 4) is 0 Å². The molecule has 0 saturated carbocycles. The van der Waals surface area contributed by atoms with Gasteiger partial charge in [0, 0.05) is 36.6 Å². The molecule has 0 atom stereocenters. The number of thiophene rings is 1. The summed E-state index contributed by atoms with van der Waals surface area (Å²) in [6.45, 7) is 2.75. The number of hydrogen-bond donors (Lipinski definition) is 0. The van der Waals surface area contributed by atoms with Crippen LogP contribution >= 0.6 is 11.3 Å². The van der Waals surface area contributed by atoms with Crippen LogP contribution < -0.4 is 0 Å². The largest absolute Gasteiger partial charge is 0.335 e. The number of amides is 1. The Labute approximate surface area is 168 Å². The fourth-order valence-electron chi connectivity index (χ4n) is 3.73. The zero-order chi connectivity index (χ0) is 19.9. The lowest BCUT2D eigenvalue weighted by atomic mass is 10.2. The summed E-state index contributed by atoms with van der Waals surface area (Å²) < 4.78 is 27.1. The van der Waals surface area contributed by atoms with Crippen molar-refractivity contribution in [1.29, 1.82) is 0 Å². The van der Waals surface area contributed by atoms with Gasteiger partial charge in [0.05, 0.1) is 9.77 Å². The molecule has 1 aromatic heterocycles. The molecule has 0 unspecified atom stereocenters. The molecule has 2 heterocycles. The molecule has 1 amide bonds. The number of sulfonamides is 1. The highest BCUT2D eigenvalue weighted by Crippen LogP contribution is 2.31. The van der Waals surface area contributed by atoms with Crippen LogP contribution in [0.2, 0.25) is 0 Å². The average molecular weight is 419 g/mol. The van der Waals surface area contributed by atoms with E-state index in [0.29, 0.717) is 18.7 Å². The van der Waals surface area contributed by atoms with E-state index in [9.17, 15) is 18.0 Å². The second-order valence-electron chi connectivity index (χ2n) is 7.19. The van der Waals surface area contributed by atoms with Gasteiger partial charge in [0.25, 0.3) is 5.91 Å². The average Bonchev–Trinajstić information content (AvgIpc) is 3.30. The third-order valence-corrected chi connectivity index (χ3v) is 8.52. The maximum atomic E-state index is 12.8. The highest BCUT2D eigenvalue weighted by atomic mass is 32.2. The lowest BCUT2D eigenvalue weighted by Gasteiger charge is -2.33. The van der Waals surface area contributed by atoms with Crippen molar-refractivity contribution in [2.45, 2.75) is 31.1 Å². The van der Waals surface area contributed by atoms with Crippen LogP contribution in [0.4, 0.5) is 0 Å². The van der Waals surface area contributed by atoms with Gasteiger partial charge < -0.3 is 4.90 Å². The quantitative estimate of drug-likeness (QED) is 0.716. The molecule has 1 aliphatic carbocycles. The molecule has 2 aliphatic rings. The molecule has 1 aliphatic heterocycles. The monoisotopic (exact) mass is 418 g/mol. The van der Waals surface area contributed by atoms with E-state index in [0.717, 1.165) is 17.7 Å². The minimum absolute atomic E-state index is 0.00209. The Kier molecular flexibility index (Phi) is 5.11. The van der Waals surface area contributed by atoms with E-state index in [-0.39, 0.29) is 29.7 Å². The van der Waals surface area contributed by atoms with Gasteiger partial charge in [0.15, 0.2) is 5.78 Å². The first-order chi connectivity index (χ1) is 13.4. The van der Waals surface area contributed by atoms with Gasteiger partial charge in [-0.05, 0) is 49.9 Å². The van der Waals surface area contributed by atoms with Gasteiger partial charge in [-0.2, -0.15) is 4.31 Å². The number of fused-ring (bicyclic) bond motifs is 1. The molecule has 4 rings (SSSR count). The highest BCUT2D eigenvalue weighted by Gasteiger charge is 2.31. The fourth-order valence-corrected chi connectivity index (χ4v) is 6.38. The van der Waals surface area contributed by atoms with Crippen LogP contribution in [-0.2, 0) is 22.9 Å².